The summed E-state index contributed by atoms with van der Waals surface area (Å²) in [5.74, 6) is -0.0730. The van der Waals surface area contributed by atoms with Gasteiger partial charge in [-0.1, -0.05) is 54.6 Å². The lowest BCUT2D eigenvalue weighted by atomic mass is 10.2. The molecule has 3 rings (SSSR count). The average Bonchev–Trinajstić information content (AvgIpc) is 2.69. The maximum atomic E-state index is 12.8. The maximum absolute atomic E-state index is 12.8. The van der Waals surface area contributed by atoms with Gasteiger partial charge in [-0.2, -0.15) is 4.31 Å². The standard InChI is InChI=1S/C21H24N2O3S/c1-18(24)20-9-11-21(12-10-20)27(25,26)23-16-14-22(15-17-23)13-5-8-19-6-3-2-4-7-19/h2-12H,13-17H2,1H3. The van der Waals surface area contributed by atoms with E-state index in [2.05, 4.69) is 29.2 Å². The summed E-state index contributed by atoms with van der Waals surface area (Å²) in [5.41, 5.74) is 1.68. The first-order valence-corrected chi connectivity index (χ1v) is 10.5. The fraction of sp³-hybridized carbons (Fsp3) is 0.286. The molecule has 0 aliphatic carbocycles. The number of rotatable bonds is 6. The van der Waals surface area contributed by atoms with E-state index in [-0.39, 0.29) is 10.7 Å². The highest BCUT2D eigenvalue weighted by Gasteiger charge is 2.28. The summed E-state index contributed by atoms with van der Waals surface area (Å²) >= 11 is 0. The molecule has 0 atom stereocenters. The van der Waals surface area contributed by atoms with Gasteiger partial charge in [0.15, 0.2) is 5.78 Å². The predicted octanol–water partition coefficient (Wildman–Crippen LogP) is 2.91. The van der Waals surface area contributed by atoms with Crippen molar-refractivity contribution in [2.24, 2.45) is 0 Å². The summed E-state index contributed by atoms with van der Waals surface area (Å²) in [6.07, 6.45) is 4.19. The smallest absolute Gasteiger partial charge is 0.243 e. The highest BCUT2D eigenvalue weighted by Crippen LogP contribution is 2.18. The van der Waals surface area contributed by atoms with Crippen molar-refractivity contribution >= 4 is 21.9 Å². The van der Waals surface area contributed by atoms with Crippen LogP contribution >= 0.6 is 0 Å². The summed E-state index contributed by atoms with van der Waals surface area (Å²) in [7, 11) is -3.51. The van der Waals surface area contributed by atoms with Crippen LogP contribution in [0.5, 0.6) is 0 Å². The Balaban J connectivity index is 1.56. The lowest BCUT2D eigenvalue weighted by molar-refractivity contribution is 0.101. The molecule has 2 aromatic rings. The minimum Gasteiger partial charge on any atom is -0.297 e. The molecular weight excluding hydrogens is 360 g/mol. The van der Waals surface area contributed by atoms with Crippen LogP contribution in [0, 0.1) is 0 Å². The summed E-state index contributed by atoms with van der Waals surface area (Å²) in [5, 5.41) is 0. The lowest BCUT2D eigenvalue weighted by Gasteiger charge is -2.33. The molecule has 1 fully saturated rings. The number of carbonyl (C=O) groups excluding carboxylic acids is 1. The Morgan fingerprint density at radius 3 is 2.19 bits per heavy atom. The monoisotopic (exact) mass is 384 g/mol. The molecule has 1 saturated heterocycles. The quantitative estimate of drug-likeness (QED) is 0.719. The molecule has 1 aliphatic heterocycles. The zero-order valence-electron chi connectivity index (χ0n) is 15.4. The third-order valence-electron chi connectivity index (χ3n) is 4.70. The number of carbonyl (C=O) groups is 1. The second kappa shape index (κ2) is 8.61. The molecule has 6 heteroatoms. The number of hydrogen-bond donors (Lipinski definition) is 0. The summed E-state index contributed by atoms with van der Waals surface area (Å²) in [4.78, 5) is 13.8. The first-order valence-electron chi connectivity index (χ1n) is 9.02. The highest BCUT2D eigenvalue weighted by molar-refractivity contribution is 7.89. The van der Waals surface area contributed by atoms with Crippen LogP contribution in [0.1, 0.15) is 22.8 Å². The molecule has 142 valence electrons. The van der Waals surface area contributed by atoms with E-state index in [9.17, 15) is 13.2 Å². The molecule has 0 amide bonds. The second-order valence-electron chi connectivity index (χ2n) is 6.60. The van der Waals surface area contributed by atoms with Gasteiger partial charge in [-0.25, -0.2) is 8.42 Å². The largest absolute Gasteiger partial charge is 0.297 e. The zero-order chi connectivity index (χ0) is 19.3. The number of hydrogen-bond acceptors (Lipinski definition) is 4. The molecule has 27 heavy (non-hydrogen) atoms. The average molecular weight is 385 g/mol. The van der Waals surface area contributed by atoms with Gasteiger partial charge in [0.1, 0.15) is 0 Å². The van der Waals surface area contributed by atoms with Crippen molar-refractivity contribution in [2.75, 3.05) is 32.7 Å². The minimum atomic E-state index is -3.51. The van der Waals surface area contributed by atoms with Gasteiger partial charge in [0.25, 0.3) is 0 Å². The van der Waals surface area contributed by atoms with E-state index in [4.69, 9.17) is 0 Å². The molecule has 0 bridgehead atoms. The van der Waals surface area contributed by atoms with Crippen molar-refractivity contribution in [3.63, 3.8) is 0 Å². The first-order chi connectivity index (χ1) is 13.0. The molecule has 0 N–H and O–H groups in total. The van der Waals surface area contributed by atoms with E-state index in [1.165, 1.54) is 23.4 Å². The molecule has 0 unspecified atom stereocenters. The van der Waals surface area contributed by atoms with Crippen molar-refractivity contribution in [3.05, 3.63) is 71.8 Å². The molecule has 0 spiro atoms. The van der Waals surface area contributed by atoms with Crippen LogP contribution in [0.15, 0.2) is 65.6 Å². The molecule has 1 heterocycles. The third-order valence-corrected chi connectivity index (χ3v) is 6.62. The molecule has 1 aliphatic rings. The maximum Gasteiger partial charge on any atom is 0.243 e. The second-order valence-corrected chi connectivity index (χ2v) is 8.54. The van der Waals surface area contributed by atoms with Gasteiger partial charge in [0.2, 0.25) is 10.0 Å². The van der Waals surface area contributed by atoms with Crippen molar-refractivity contribution < 1.29 is 13.2 Å². The van der Waals surface area contributed by atoms with Crippen LogP contribution in [0.4, 0.5) is 0 Å². The van der Waals surface area contributed by atoms with Crippen molar-refractivity contribution in [1.29, 1.82) is 0 Å². The van der Waals surface area contributed by atoms with Gasteiger partial charge >= 0.3 is 0 Å². The number of sulfonamides is 1. The van der Waals surface area contributed by atoms with Gasteiger partial charge in [-0.05, 0) is 24.6 Å². The van der Waals surface area contributed by atoms with Crippen molar-refractivity contribution in [1.82, 2.24) is 9.21 Å². The van der Waals surface area contributed by atoms with Gasteiger partial charge < -0.3 is 0 Å². The molecule has 5 nitrogen and oxygen atoms in total. The topological polar surface area (TPSA) is 57.7 Å². The number of benzene rings is 2. The summed E-state index contributed by atoms with van der Waals surface area (Å²) < 4.78 is 27.1. The van der Waals surface area contributed by atoms with E-state index in [1.807, 2.05) is 18.2 Å². The van der Waals surface area contributed by atoms with E-state index in [0.29, 0.717) is 31.7 Å². The fourth-order valence-electron chi connectivity index (χ4n) is 3.07. The Kier molecular flexibility index (Phi) is 6.21. The Morgan fingerprint density at radius 1 is 0.963 bits per heavy atom. The van der Waals surface area contributed by atoms with Crippen molar-refractivity contribution in [3.8, 4) is 0 Å². The van der Waals surface area contributed by atoms with E-state index < -0.39 is 10.0 Å². The summed E-state index contributed by atoms with van der Waals surface area (Å²) in [6.45, 7) is 4.60. The Morgan fingerprint density at radius 2 is 1.59 bits per heavy atom. The Bertz CT molecular complexity index is 898. The van der Waals surface area contributed by atoms with E-state index in [0.717, 1.165) is 12.1 Å². The van der Waals surface area contributed by atoms with Crippen molar-refractivity contribution in [2.45, 2.75) is 11.8 Å². The molecule has 2 aromatic carbocycles. The van der Waals surface area contributed by atoms with Gasteiger partial charge in [-0.3, -0.25) is 9.69 Å². The SMILES string of the molecule is CC(=O)c1ccc(S(=O)(=O)N2CCN(CC=Cc3ccccc3)CC2)cc1. The molecular formula is C21H24N2O3S. The van der Waals surface area contributed by atoms with Gasteiger partial charge in [0.05, 0.1) is 4.90 Å². The molecule has 0 radical (unpaired) electrons. The number of Topliss-reactive ketones (excluding diaryl/α,β-unsaturated/α-hetero) is 1. The lowest BCUT2D eigenvalue weighted by Crippen LogP contribution is -2.48. The highest BCUT2D eigenvalue weighted by atomic mass is 32.2. The van der Waals surface area contributed by atoms with Crippen LogP contribution in [-0.2, 0) is 10.0 Å². The normalized spacial score (nSPS) is 16.6. The van der Waals surface area contributed by atoms with Gasteiger partial charge in [0, 0.05) is 38.3 Å². The van der Waals surface area contributed by atoms with Crippen LogP contribution < -0.4 is 0 Å². The molecule has 0 aromatic heterocycles. The minimum absolute atomic E-state index is 0.0730. The van der Waals surface area contributed by atoms with Crippen LogP contribution in [0.2, 0.25) is 0 Å². The van der Waals surface area contributed by atoms with Crippen LogP contribution in [0.3, 0.4) is 0 Å². The van der Waals surface area contributed by atoms with E-state index in [1.54, 1.807) is 12.1 Å². The van der Waals surface area contributed by atoms with E-state index >= 15 is 0 Å². The first kappa shape index (κ1) is 19.5. The van der Waals surface area contributed by atoms with Crippen LogP contribution in [0.25, 0.3) is 6.08 Å². The zero-order valence-corrected chi connectivity index (χ0v) is 16.2. The summed E-state index contributed by atoms with van der Waals surface area (Å²) in [6, 6.07) is 16.3. The third kappa shape index (κ3) is 4.91. The van der Waals surface area contributed by atoms with Crippen LogP contribution in [-0.4, -0.2) is 56.1 Å². The predicted molar refractivity (Wildman–Crippen MR) is 107 cm³/mol. The number of ketones is 1. The molecule has 0 saturated carbocycles. The number of nitrogens with zero attached hydrogens (tertiary/aromatic N) is 2. The number of piperazine rings is 1. The Labute approximate surface area is 161 Å². The Hall–Kier alpha value is -2.28. The fourth-order valence-corrected chi connectivity index (χ4v) is 4.49. The van der Waals surface area contributed by atoms with Gasteiger partial charge in [-0.15, -0.1) is 0 Å².